The van der Waals surface area contributed by atoms with Gasteiger partial charge in [-0.05, 0) is 62.3 Å². The number of esters is 1. The van der Waals surface area contributed by atoms with Crippen molar-refractivity contribution in [3.63, 3.8) is 0 Å². The Morgan fingerprint density at radius 3 is 2.77 bits per heavy atom. The maximum absolute atomic E-state index is 15.0. The highest BCUT2D eigenvalue weighted by Crippen LogP contribution is 2.47. The summed E-state index contributed by atoms with van der Waals surface area (Å²) >= 11 is 0. The highest BCUT2D eigenvalue weighted by Gasteiger charge is 2.52. The average molecular weight is 550 g/mol. The Morgan fingerprint density at radius 1 is 1.27 bits per heavy atom. The van der Waals surface area contributed by atoms with Crippen LogP contribution < -0.4 is 10.9 Å². The zero-order valence-corrected chi connectivity index (χ0v) is 22.1. The van der Waals surface area contributed by atoms with Gasteiger partial charge in [0.05, 0.1) is 48.3 Å². The van der Waals surface area contributed by atoms with Crippen LogP contribution in [0.3, 0.4) is 0 Å². The summed E-state index contributed by atoms with van der Waals surface area (Å²) in [5, 5.41) is 24.0. The van der Waals surface area contributed by atoms with Gasteiger partial charge in [0.2, 0.25) is 0 Å². The van der Waals surface area contributed by atoms with E-state index in [0.717, 1.165) is 22.1 Å². The van der Waals surface area contributed by atoms with Crippen molar-refractivity contribution in [3.05, 3.63) is 61.7 Å². The van der Waals surface area contributed by atoms with Crippen LogP contribution in [0.2, 0.25) is 0 Å². The molecule has 2 atom stereocenters. The monoisotopic (exact) mass is 549 g/mol. The van der Waals surface area contributed by atoms with Gasteiger partial charge in [-0.2, -0.15) is 0 Å². The number of carbonyl (C=O) groups excluding carboxylic acids is 2. The van der Waals surface area contributed by atoms with Crippen LogP contribution >= 0.6 is 0 Å². The van der Waals surface area contributed by atoms with Crippen LogP contribution in [0.1, 0.15) is 65.6 Å². The standard InChI is InChI=1S/C29H28FN3O7/c1-13-14-3-4-19(32-26(36)29(5-6-29)40-8-7-34)23-15-11-33-21(24(15)31-20(22(14)23)10-18(13)30)9-17-16(25(33)35)12-39-27(37)28(17,2)38/h9-10,19,34,38H,3-8,11-12H2,1-2H3,(H,32,36)/t19-,28-/m0/s1. The fourth-order valence-electron chi connectivity index (χ4n) is 6.53. The van der Waals surface area contributed by atoms with Crippen molar-refractivity contribution in [1.82, 2.24) is 14.9 Å². The first-order chi connectivity index (χ1) is 19.1. The van der Waals surface area contributed by atoms with Crippen molar-refractivity contribution < 1.29 is 33.7 Å². The third-order valence-corrected chi connectivity index (χ3v) is 8.90. The van der Waals surface area contributed by atoms with Crippen LogP contribution in [0.5, 0.6) is 0 Å². The summed E-state index contributed by atoms with van der Waals surface area (Å²) in [5.41, 5.74) is 1.14. The Labute approximate surface area is 227 Å². The molecule has 0 radical (unpaired) electrons. The number of cyclic esters (lactones) is 1. The Morgan fingerprint density at radius 2 is 2.05 bits per heavy atom. The fraction of sp³-hybridized carbons (Fsp3) is 0.448. The van der Waals surface area contributed by atoms with Crippen molar-refractivity contribution in [2.75, 3.05) is 13.2 Å². The van der Waals surface area contributed by atoms with Crippen molar-refractivity contribution in [3.8, 4) is 11.4 Å². The lowest BCUT2D eigenvalue weighted by molar-refractivity contribution is -0.169. The number of nitrogens with one attached hydrogen (secondary N) is 1. The zero-order chi connectivity index (χ0) is 28.1. The predicted molar refractivity (Wildman–Crippen MR) is 139 cm³/mol. The topological polar surface area (TPSA) is 140 Å². The lowest BCUT2D eigenvalue weighted by atomic mass is 9.81. The molecule has 1 saturated carbocycles. The van der Waals surface area contributed by atoms with Gasteiger partial charge >= 0.3 is 5.97 Å². The number of aromatic nitrogens is 2. The molecule has 208 valence electrons. The minimum atomic E-state index is -2.00. The van der Waals surface area contributed by atoms with E-state index in [0.29, 0.717) is 48.2 Å². The molecule has 4 aliphatic rings. The van der Waals surface area contributed by atoms with Gasteiger partial charge in [-0.3, -0.25) is 9.59 Å². The molecular weight excluding hydrogens is 521 g/mol. The first-order valence-corrected chi connectivity index (χ1v) is 13.4. The second-order valence-electron chi connectivity index (χ2n) is 11.3. The molecule has 4 heterocycles. The van der Waals surface area contributed by atoms with Crippen molar-refractivity contribution in [2.24, 2.45) is 0 Å². The van der Waals surface area contributed by atoms with Gasteiger partial charge in [-0.15, -0.1) is 0 Å². The largest absolute Gasteiger partial charge is 0.458 e. The van der Waals surface area contributed by atoms with E-state index in [2.05, 4.69) is 5.32 Å². The normalized spacial score (nSPS) is 23.3. The number of aryl methyl sites for hydroxylation is 1. The lowest BCUT2D eigenvalue weighted by Gasteiger charge is -2.31. The molecule has 0 unspecified atom stereocenters. The molecule has 0 saturated heterocycles. The van der Waals surface area contributed by atoms with Gasteiger partial charge in [0.15, 0.2) is 5.60 Å². The van der Waals surface area contributed by atoms with Crippen LogP contribution in [-0.2, 0) is 44.2 Å². The number of aliphatic hydroxyl groups excluding tert-OH is 1. The van der Waals surface area contributed by atoms with E-state index in [1.54, 1.807) is 13.0 Å². The molecule has 1 fully saturated rings. The molecule has 2 aliphatic heterocycles. The molecule has 1 aromatic carbocycles. The molecule has 2 aliphatic carbocycles. The quantitative estimate of drug-likeness (QED) is 0.320. The summed E-state index contributed by atoms with van der Waals surface area (Å²) < 4.78 is 27.3. The highest BCUT2D eigenvalue weighted by molar-refractivity contribution is 5.95. The molecule has 3 aromatic rings. The summed E-state index contributed by atoms with van der Waals surface area (Å²) in [6.07, 6.45) is 2.17. The first kappa shape index (κ1) is 25.3. The number of halogens is 1. The molecule has 0 spiro atoms. The van der Waals surface area contributed by atoms with Crippen LogP contribution in [0, 0.1) is 12.7 Å². The van der Waals surface area contributed by atoms with E-state index in [4.69, 9.17) is 14.5 Å². The SMILES string of the molecule is Cc1c(F)cc2nc3c(c4c2c1CC[C@@H]4NC(=O)C1(OCCO)CC1)Cn1c-3cc2c(c1=O)COC(=O)[C@@]2(C)O. The van der Waals surface area contributed by atoms with Gasteiger partial charge in [0.1, 0.15) is 18.0 Å². The van der Waals surface area contributed by atoms with Crippen LogP contribution in [0.4, 0.5) is 4.39 Å². The Hall–Kier alpha value is -3.67. The molecule has 10 nitrogen and oxygen atoms in total. The highest BCUT2D eigenvalue weighted by atomic mass is 19.1. The minimum Gasteiger partial charge on any atom is -0.458 e. The number of fused-ring (bicyclic) bond motifs is 5. The van der Waals surface area contributed by atoms with E-state index >= 15 is 4.39 Å². The lowest BCUT2D eigenvalue weighted by Crippen LogP contribution is -2.42. The Kier molecular flexibility index (Phi) is 5.33. The number of hydrogen-bond acceptors (Lipinski definition) is 8. The van der Waals surface area contributed by atoms with Crippen molar-refractivity contribution >= 4 is 22.8 Å². The summed E-state index contributed by atoms with van der Waals surface area (Å²) in [6.45, 7) is 2.82. The number of hydrogen-bond donors (Lipinski definition) is 3. The van der Waals surface area contributed by atoms with Gasteiger partial charge in [0.25, 0.3) is 11.5 Å². The number of benzene rings is 1. The van der Waals surface area contributed by atoms with E-state index in [1.807, 2.05) is 0 Å². The number of aliphatic hydroxyl groups is 2. The second-order valence-corrected chi connectivity index (χ2v) is 11.3. The van der Waals surface area contributed by atoms with Crippen LogP contribution in [-0.4, -0.2) is 50.5 Å². The summed E-state index contributed by atoms with van der Waals surface area (Å²) in [7, 11) is 0. The number of pyridine rings is 2. The van der Waals surface area contributed by atoms with Gasteiger partial charge < -0.3 is 29.6 Å². The Balaban J connectivity index is 1.42. The summed E-state index contributed by atoms with van der Waals surface area (Å²) in [4.78, 5) is 44.1. The van der Waals surface area contributed by atoms with E-state index in [-0.39, 0.29) is 49.2 Å². The Bertz CT molecular complexity index is 1720. The molecule has 3 N–H and O–H groups in total. The van der Waals surface area contributed by atoms with Crippen molar-refractivity contribution in [2.45, 2.75) is 69.9 Å². The first-order valence-electron chi connectivity index (χ1n) is 13.4. The maximum atomic E-state index is 15.0. The third-order valence-electron chi connectivity index (χ3n) is 8.90. The zero-order valence-electron chi connectivity index (χ0n) is 22.1. The predicted octanol–water partition coefficient (Wildman–Crippen LogP) is 1.78. The average Bonchev–Trinajstić information content (AvgIpc) is 3.63. The second kappa shape index (κ2) is 8.42. The molecule has 7 rings (SSSR count). The van der Waals surface area contributed by atoms with Crippen LogP contribution in [0.25, 0.3) is 22.3 Å². The molecule has 1 amide bonds. The minimum absolute atomic E-state index is 0.0627. The smallest absolute Gasteiger partial charge is 0.342 e. The number of carbonyl (C=O) groups is 2. The van der Waals surface area contributed by atoms with Gasteiger partial charge in [0, 0.05) is 22.6 Å². The molecule has 0 bridgehead atoms. The third kappa shape index (κ3) is 3.37. The van der Waals surface area contributed by atoms with Crippen molar-refractivity contribution in [1.29, 1.82) is 0 Å². The number of nitrogens with zero attached hydrogens (tertiary/aromatic N) is 2. The number of ether oxygens (including phenoxy) is 2. The molecule has 11 heteroatoms. The molecule has 40 heavy (non-hydrogen) atoms. The number of amides is 1. The van der Waals surface area contributed by atoms with Gasteiger partial charge in [-0.1, -0.05) is 0 Å². The summed E-state index contributed by atoms with van der Waals surface area (Å²) in [6, 6.07) is 2.53. The number of rotatable bonds is 5. The van der Waals surface area contributed by atoms with E-state index in [9.17, 15) is 24.6 Å². The molecule has 2 aromatic heterocycles. The van der Waals surface area contributed by atoms with E-state index < -0.39 is 28.8 Å². The van der Waals surface area contributed by atoms with E-state index in [1.165, 1.54) is 17.6 Å². The van der Waals surface area contributed by atoms with Gasteiger partial charge in [-0.25, -0.2) is 14.2 Å². The van der Waals surface area contributed by atoms with Crippen LogP contribution in [0.15, 0.2) is 16.9 Å². The fourth-order valence-corrected chi connectivity index (χ4v) is 6.53. The summed E-state index contributed by atoms with van der Waals surface area (Å²) in [5.74, 6) is -1.49. The molecular formula is C29H28FN3O7. The maximum Gasteiger partial charge on any atom is 0.342 e.